The number of hydrogen-bond donors (Lipinski definition) is 1. The summed E-state index contributed by atoms with van der Waals surface area (Å²) in [6.07, 6.45) is 1.71. The van der Waals surface area contributed by atoms with Crippen LogP contribution in [0, 0.1) is 0 Å². The summed E-state index contributed by atoms with van der Waals surface area (Å²) in [5.41, 5.74) is 1.07. The highest BCUT2D eigenvalue weighted by Gasteiger charge is 2.28. The van der Waals surface area contributed by atoms with Crippen LogP contribution in [0.25, 0.3) is 0 Å². The second-order valence-electron chi connectivity index (χ2n) is 5.63. The first-order chi connectivity index (χ1) is 11.4. The van der Waals surface area contributed by atoms with Crippen LogP contribution in [0.5, 0.6) is 0 Å². The maximum Gasteiger partial charge on any atom is 0.338 e. The Kier molecular flexibility index (Phi) is 5.03. The molecule has 0 unspecified atom stereocenters. The molecule has 1 aliphatic rings. The van der Waals surface area contributed by atoms with E-state index in [4.69, 9.17) is 4.74 Å². The van der Waals surface area contributed by atoms with Gasteiger partial charge in [0, 0.05) is 10.5 Å². The first-order valence-electron chi connectivity index (χ1n) is 7.48. The zero-order chi connectivity index (χ0) is 17.2. The number of ether oxygens (including phenoxy) is 1. The lowest BCUT2D eigenvalue weighted by Gasteiger charge is -2.08. The highest BCUT2D eigenvalue weighted by molar-refractivity contribution is 9.10. The van der Waals surface area contributed by atoms with Gasteiger partial charge in [-0.15, -0.1) is 0 Å². The Morgan fingerprint density at radius 1 is 1.17 bits per heavy atom. The molecular weight excluding hydrogens is 394 g/mol. The molecule has 2 aromatic rings. The summed E-state index contributed by atoms with van der Waals surface area (Å²) in [5.74, 6) is -0.554. The van der Waals surface area contributed by atoms with E-state index in [0.29, 0.717) is 0 Å². The third-order valence-electron chi connectivity index (χ3n) is 3.56. The fourth-order valence-corrected chi connectivity index (χ4v) is 3.71. The monoisotopic (exact) mass is 409 g/mol. The molecule has 5 nitrogen and oxygen atoms in total. The van der Waals surface area contributed by atoms with Gasteiger partial charge in [0.05, 0.1) is 10.5 Å². The van der Waals surface area contributed by atoms with Gasteiger partial charge in [0.2, 0.25) is 10.0 Å². The Hall–Kier alpha value is -1.70. The molecule has 1 fully saturated rings. The molecule has 0 heterocycles. The Bertz CT molecular complexity index is 845. The van der Waals surface area contributed by atoms with E-state index in [1.54, 1.807) is 6.07 Å². The van der Waals surface area contributed by atoms with Crippen molar-refractivity contribution in [3.8, 4) is 0 Å². The molecule has 0 atom stereocenters. The van der Waals surface area contributed by atoms with Crippen molar-refractivity contribution in [2.45, 2.75) is 30.4 Å². The van der Waals surface area contributed by atoms with Crippen molar-refractivity contribution >= 4 is 31.9 Å². The normalized spacial score (nSPS) is 14.4. The van der Waals surface area contributed by atoms with E-state index in [0.717, 1.165) is 22.9 Å². The van der Waals surface area contributed by atoms with Crippen molar-refractivity contribution in [1.82, 2.24) is 4.72 Å². The van der Waals surface area contributed by atoms with Gasteiger partial charge in [-0.2, -0.15) is 0 Å². The smallest absolute Gasteiger partial charge is 0.338 e. The molecule has 1 saturated carbocycles. The Morgan fingerprint density at radius 2 is 1.88 bits per heavy atom. The van der Waals surface area contributed by atoms with Gasteiger partial charge in [0.15, 0.2) is 0 Å². The zero-order valence-corrected chi connectivity index (χ0v) is 15.1. The molecule has 0 radical (unpaired) electrons. The SMILES string of the molecule is O=C(OCc1ccc(Br)cc1)c1cccc(S(=O)(=O)NC2CC2)c1. The van der Waals surface area contributed by atoms with Crippen molar-refractivity contribution in [3.63, 3.8) is 0 Å². The number of carbonyl (C=O) groups is 1. The molecule has 1 N–H and O–H groups in total. The number of rotatable bonds is 6. The van der Waals surface area contributed by atoms with Gasteiger partial charge in [0.1, 0.15) is 6.61 Å². The van der Waals surface area contributed by atoms with Gasteiger partial charge in [0.25, 0.3) is 0 Å². The van der Waals surface area contributed by atoms with Crippen LogP contribution in [0.15, 0.2) is 57.9 Å². The average Bonchev–Trinajstić information content (AvgIpc) is 3.37. The minimum absolute atomic E-state index is 0.0167. The fourth-order valence-electron chi connectivity index (χ4n) is 2.09. The predicted molar refractivity (Wildman–Crippen MR) is 93.0 cm³/mol. The number of hydrogen-bond acceptors (Lipinski definition) is 4. The van der Waals surface area contributed by atoms with Crippen LogP contribution in [0.4, 0.5) is 0 Å². The first-order valence-corrected chi connectivity index (χ1v) is 9.76. The van der Waals surface area contributed by atoms with E-state index in [1.807, 2.05) is 24.3 Å². The highest BCUT2D eigenvalue weighted by Crippen LogP contribution is 2.22. The lowest BCUT2D eigenvalue weighted by Crippen LogP contribution is -2.25. The number of benzene rings is 2. The minimum atomic E-state index is -3.59. The van der Waals surface area contributed by atoms with Gasteiger partial charge in [-0.05, 0) is 48.7 Å². The summed E-state index contributed by atoms with van der Waals surface area (Å²) < 4.78 is 33.2. The number of carbonyl (C=O) groups excluding carboxylic acids is 1. The fraction of sp³-hybridized carbons (Fsp3) is 0.235. The largest absolute Gasteiger partial charge is 0.457 e. The standard InChI is InChI=1S/C17H16BrNO4S/c18-14-6-4-12(5-7-14)11-23-17(20)13-2-1-3-16(10-13)24(21,22)19-15-8-9-15/h1-7,10,15,19H,8-9,11H2. The number of esters is 1. The van der Waals surface area contributed by atoms with Gasteiger partial charge in [-0.1, -0.05) is 34.1 Å². The summed E-state index contributed by atoms with van der Waals surface area (Å²) in [5, 5.41) is 0. The van der Waals surface area contributed by atoms with Crippen LogP contribution in [-0.4, -0.2) is 20.4 Å². The minimum Gasteiger partial charge on any atom is -0.457 e. The topological polar surface area (TPSA) is 72.5 Å². The summed E-state index contributed by atoms with van der Waals surface area (Å²) >= 11 is 3.34. The Morgan fingerprint density at radius 3 is 2.54 bits per heavy atom. The molecule has 126 valence electrons. The maximum atomic E-state index is 12.2. The van der Waals surface area contributed by atoms with E-state index in [9.17, 15) is 13.2 Å². The van der Waals surface area contributed by atoms with Crippen LogP contribution in [0.2, 0.25) is 0 Å². The van der Waals surface area contributed by atoms with E-state index < -0.39 is 16.0 Å². The average molecular weight is 410 g/mol. The van der Waals surface area contributed by atoms with E-state index in [2.05, 4.69) is 20.7 Å². The Labute approximate surface area is 149 Å². The summed E-state index contributed by atoms with van der Waals surface area (Å²) in [6, 6.07) is 13.3. The van der Waals surface area contributed by atoms with Gasteiger partial charge in [-0.25, -0.2) is 17.9 Å². The van der Waals surface area contributed by atoms with Crippen molar-refractivity contribution in [1.29, 1.82) is 0 Å². The molecular formula is C17H16BrNO4S. The number of halogens is 1. The first kappa shape index (κ1) is 17.1. The van der Waals surface area contributed by atoms with Crippen LogP contribution in [0.1, 0.15) is 28.8 Å². The third-order valence-corrected chi connectivity index (χ3v) is 5.61. The van der Waals surface area contributed by atoms with Crippen molar-refractivity contribution in [2.75, 3.05) is 0 Å². The molecule has 24 heavy (non-hydrogen) atoms. The molecule has 0 bridgehead atoms. The second-order valence-corrected chi connectivity index (χ2v) is 8.26. The highest BCUT2D eigenvalue weighted by atomic mass is 79.9. The van der Waals surface area contributed by atoms with Gasteiger partial charge in [-0.3, -0.25) is 0 Å². The third kappa shape index (κ3) is 4.43. The molecule has 3 rings (SSSR count). The molecule has 1 aliphatic carbocycles. The molecule has 0 aliphatic heterocycles. The lowest BCUT2D eigenvalue weighted by molar-refractivity contribution is 0.0472. The molecule has 0 amide bonds. The summed E-state index contributed by atoms with van der Waals surface area (Å²) in [4.78, 5) is 12.2. The van der Waals surface area contributed by atoms with Crippen LogP contribution < -0.4 is 4.72 Å². The van der Waals surface area contributed by atoms with Gasteiger partial charge >= 0.3 is 5.97 Å². The molecule has 0 spiro atoms. The second kappa shape index (κ2) is 7.04. The van der Waals surface area contributed by atoms with Crippen molar-refractivity contribution in [2.24, 2.45) is 0 Å². The number of sulfonamides is 1. The molecule has 0 aromatic heterocycles. The zero-order valence-electron chi connectivity index (χ0n) is 12.7. The van der Waals surface area contributed by atoms with Gasteiger partial charge < -0.3 is 4.74 Å². The number of nitrogens with one attached hydrogen (secondary N) is 1. The predicted octanol–water partition coefficient (Wildman–Crippen LogP) is 3.25. The quantitative estimate of drug-likeness (QED) is 0.743. The Balaban J connectivity index is 1.68. The van der Waals surface area contributed by atoms with E-state index in [-0.39, 0.29) is 23.1 Å². The maximum absolute atomic E-state index is 12.2. The van der Waals surface area contributed by atoms with Crippen LogP contribution >= 0.6 is 15.9 Å². The van der Waals surface area contributed by atoms with Crippen molar-refractivity contribution < 1.29 is 17.9 Å². The molecule has 7 heteroatoms. The van der Waals surface area contributed by atoms with Crippen LogP contribution in [-0.2, 0) is 21.4 Å². The van der Waals surface area contributed by atoms with E-state index in [1.165, 1.54) is 18.2 Å². The molecule has 2 aromatic carbocycles. The lowest BCUT2D eigenvalue weighted by atomic mass is 10.2. The van der Waals surface area contributed by atoms with E-state index >= 15 is 0 Å². The summed E-state index contributed by atoms with van der Waals surface area (Å²) in [6.45, 7) is 0.128. The van der Waals surface area contributed by atoms with Crippen LogP contribution in [0.3, 0.4) is 0 Å². The van der Waals surface area contributed by atoms with Crippen molar-refractivity contribution in [3.05, 3.63) is 64.1 Å². The summed E-state index contributed by atoms with van der Waals surface area (Å²) in [7, 11) is -3.59. The molecule has 0 saturated heterocycles.